The zero-order chi connectivity index (χ0) is 9.84. The Morgan fingerprint density at radius 2 is 2.31 bits per heavy atom. The van der Waals surface area contributed by atoms with Crippen molar-refractivity contribution in [3.05, 3.63) is 35.1 Å². The highest BCUT2D eigenvalue weighted by molar-refractivity contribution is 6.62. The lowest BCUT2D eigenvalue weighted by Gasteiger charge is -2.02. The van der Waals surface area contributed by atoms with Crippen molar-refractivity contribution < 1.29 is 9.18 Å². The van der Waals surface area contributed by atoms with E-state index in [4.69, 9.17) is 11.6 Å². The summed E-state index contributed by atoms with van der Waals surface area (Å²) in [5.74, 6) is -0.249. The number of halogens is 2. The van der Waals surface area contributed by atoms with Gasteiger partial charge in [0, 0.05) is 6.54 Å². The molecule has 0 fully saturated rings. The predicted molar refractivity (Wildman–Crippen MR) is 49.2 cm³/mol. The van der Waals surface area contributed by atoms with Gasteiger partial charge in [0.15, 0.2) is 0 Å². The molecule has 0 saturated heterocycles. The van der Waals surface area contributed by atoms with Crippen LogP contribution in [0.25, 0.3) is 0 Å². The second-order valence-electron chi connectivity index (χ2n) is 2.71. The SMILES string of the molecule is Cc1cc(CNC(=O)Cl)ccc1F. The van der Waals surface area contributed by atoms with E-state index in [0.29, 0.717) is 12.1 Å². The molecule has 4 heteroatoms. The molecular weight excluding hydrogens is 193 g/mol. The van der Waals surface area contributed by atoms with Gasteiger partial charge in [-0.2, -0.15) is 0 Å². The lowest BCUT2D eigenvalue weighted by Crippen LogP contribution is -2.15. The first-order valence-corrected chi connectivity index (χ1v) is 4.16. The van der Waals surface area contributed by atoms with Gasteiger partial charge in [0.2, 0.25) is 0 Å². The molecule has 0 radical (unpaired) electrons. The number of carbonyl (C=O) groups is 1. The van der Waals surface area contributed by atoms with Gasteiger partial charge in [-0.3, -0.25) is 4.79 Å². The van der Waals surface area contributed by atoms with Crippen molar-refractivity contribution in [2.24, 2.45) is 0 Å². The van der Waals surface area contributed by atoms with Crippen LogP contribution in [0.3, 0.4) is 0 Å². The van der Waals surface area contributed by atoms with Crippen LogP contribution < -0.4 is 5.32 Å². The molecule has 0 aliphatic heterocycles. The van der Waals surface area contributed by atoms with Crippen LogP contribution in [-0.2, 0) is 6.54 Å². The second-order valence-corrected chi connectivity index (χ2v) is 3.05. The van der Waals surface area contributed by atoms with E-state index in [9.17, 15) is 9.18 Å². The normalized spacial score (nSPS) is 9.77. The van der Waals surface area contributed by atoms with Crippen LogP contribution in [-0.4, -0.2) is 5.37 Å². The summed E-state index contributed by atoms with van der Waals surface area (Å²) in [6.07, 6.45) is 0. The average Bonchev–Trinajstić information content (AvgIpc) is 2.07. The number of hydrogen-bond donors (Lipinski definition) is 1. The van der Waals surface area contributed by atoms with Crippen LogP contribution in [0, 0.1) is 12.7 Å². The van der Waals surface area contributed by atoms with E-state index in [1.165, 1.54) is 6.07 Å². The number of benzene rings is 1. The third-order valence-corrected chi connectivity index (χ3v) is 1.79. The van der Waals surface area contributed by atoms with Crippen molar-refractivity contribution in [2.45, 2.75) is 13.5 Å². The second kappa shape index (κ2) is 4.23. The summed E-state index contributed by atoms with van der Waals surface area (Å²) in [7, 11) is 0. The van der Waals surface area contributed by atoms with Crippen LogP contribution in [0.5, 0.6) is 0 Å². The average molecular weight is 202 g/mol. The van der Waals surface area contributed by atoms with Gasteiger partial charge in [-0.1, -0.05) is 12.1 Å². The van der Waals surface area contributed by atoms with Crippen molar-refractivity contribution >= 4 is 17.0 Å². The first-order chi connectivity index (χ1) is 6.09. The topological polar surface area (TPSA) is 29.1 Å². The molecule has 1 N–H and O–H groups in total. The molecule has 0 atom stereocenters. The zero-order valence-corrected chi connectivity index (χ0v) is 7.86. The van der Waals surface area contributed by atoms with Gasteiger partial charge in [-0.15, -0.1) is 0 Å². The molecule has 0 aliphatic carbocycles. The molecule has 0 saturated carbocycles. The molecule has 0 bridgehead atoms. The lowest BCUT2D eigenvalue weighted by atomic mass is 10.1. The predicted octanol–water partition coefficient (Wildman–Crippen LogP) is 2.58. The minimum absolute atomic E-state index is 0.249. The van der Waals surface area contributed by atoms with Gasteiger partial charge in [0.25, 0.3) is 0 Å². The minimum atomic E-state index is -0.609. The molecule has 70 valence electrons. The maximum absolute atomic E-state index is 12.8. The number of rotatable bonds is 2. The molecule has 1 aromatic rings. The number of carbonyl (C=O) groups excluding carboxylic acids is 1. The summed E-state index contributed by atoms with van der Waals surface area (Å²) >= 11 is 5.07. The molecular formula is C9H9ClFNO. The standard InChI is InChI=1S/C9H9ClFNO/c1-6-4-7(2-3-8(6)11)5-12-9(10)13/h2-4H,5H2,1H3,(H,12,13). The molecule has 1 rings (SSSR count). The zero-order valence-electron chi connectivity index (χ0n) is 7.10. The van der Waals surface area contributed by atoms with Gasteiger partial charge < -0.3 is 5.32 Å². The van der Waals surface area contributed by atoms with E-state index in [1.807, 2.05) is 0 Å². The number of aryl methyl sites for hydroxylation is 1. The highest BCUT2D eigenvalue weighted by Gasteiger charge is 1.99. The highest BCUT2D eigenvalue weighted by Crippen LogP contribution is 2.08. The summed E-state index contributed by atoms with van der Waals surface area (Å²) < 4.78 is 12.8. The van der Waals surface area contributed by atoms with Crippen molar-refractivity contribution in [1.82, 2.24) is 5.32 Å². The van der Waals surface area contributed by atoms with E-state index < -0.39 is 5.37 Å². The minimum Gasteiger partial charge on any atom is -0.339 e. The fraction of sp³-hybridized carbons (Fsp3) is 0.222. The third-order valence-electron chi connectivity index (χ3n) is 1.65. The van der Waals surface area contributed by atoms with Crippen molar-refractivity contribution in [1.29, 1.82) is 0 Å². The Balaban J connectivity index is 2.68. The van der Waals surface area contributed by atoms with E-state index in [2.05, 4.69) is 5.32 Å². The molecule has 13 heavy (non-hydrogen) atoms. The van der Waals surface area contributed by atoms with Gasteiger partial charge in [-0.25, -0.2) is 4.39 Å². The van der Waals surface area contributed by atoms with E-state index in [1.54, 1.807) is 19.1 Å². The highest BCUT2D eigenvalue weighted by atomic mass is 35.5. The van der Waals surface area contributed by atoms with Crippen molar-refractivity contribution in [3.8, 4) is 0 Å². The molecule has 1 aromatic carbocycles. The quantitative estimate of drug-likeness (QED) is 0.578. The summed E-state index contributed by atoms with van der Waals surface area (Å²) in [6.45, 7) is 1.99. The maximum Gasteiger partial charge on any atom is 0.314 e. The van der Waals surface area contributed by atoms with Crippen LogP contribution in [0.4, 0.5) is 9.18 Å². The molecule has 0 heterocycles. The molecule has 0 aliphatic rings. The number of amides is 1. The summed E-state index contributed by atoms with van der Waals surface area (Å²) in [5, 5.41) is 1.80. The van der Waals surface area contributed by atoms with E-state index in [0.717, 1.165) is 5.56 Å². The smallest absolute Gasteiger partial charge is 0.314 e. The van der Waals surface area contributed by atoms with Crippen LogP contribution in [0.15, 0.2) is 18.2 Å². The first kappa shape index (κ1) is 9.99. The molecule has 0 spiro atoms. The molecule has 2 nitrogen and oxygen atoms in total. The summed E-state index contributed by atoms with van der Waals surface area (Å²) in [4.78, 5) is 10.3. The fourth-order valence-electron chi connectivity index (χ4n) is 0.988. The van der Waals surface area contributed by atoms with Crippen molar-refractivity contribution in [2.75, 3.05) is 0 Å². The van der Waals surface area contributed by atoms with Gasteiger partial charge in [0.1, 0.15) is 5.82 Å². The Kier molecular flexibility index (Phi) is 3.25. The summed E-state index contributed by atoms with van der Waals surface area (Å²) in [5.41, 5.74) is 1.38. The maximum atomic E-state index is 12.8. The molecule has 1 amide bonds. The Morgan fingerprint density at radius 1 is 1.62 bits per heavy atom. The fourth-order valence-corrected chi connectivity index (χ4v) is 1.06. The van der Waals surface area contributed by atoms with Crippen molar-refractivity contribution in [3.63, 3.8) is 0 Å². The number of nitrogens with one attached hydrogen (secondary N) is 1. The van der Waals surface area contributed by atoms with Gasteiger partial charge >= 0.3 is 5.37 Å². The Labute approximate surface area is 80.7 Å². The van der Waals surface area contributed by atoms with Gasteiger partial charge in [0.05, 0.1) is 0 Å². The Morgan fingerprint density at radius 3 is 2.85 bits per heavy atom. The van der Waals surface area contributed by atoms with E-state index in [-0.39, 0.29) is 5.82 Å². The third kappa shape index (κ3) is 3.03. The van der Waals surface area contributed by atoms with E-state index >= 15 is 0 Å². The Bertz CT molecular complexity index is 327. The van der Waals surface area contributed by atoms with Crippen LogP contribution in [0.1, 0.15) is 11.1 Å². The number of hydrogen-bond acceptors (Lipinski definition) is 1. The van der Waals surface area contributed by atoms with Gasteiger partial charge in [-0.05, 0) is 35.7 Å². The summed E-state index contributed by atoms with van der Waals surface area (Å²) in [6, 6.07) is 4.64. The largest absolute Gasteiger partial charge is 0.339 e. The van der Waals surface area contributed by atoms with Crippen LogP contribution >= 0.6 is 11.6 Å². The lowest BCUT2D eigenvalue weighted by molar-refractivity contribution is 0.259. The molecule has 0 aromatic heterocycles. The first-order valence-electron chi connectivity index (χ1n) is 3.78. The monoisotopic (exact) mass is 201 g/mol. The van der Waals surface area contributed by atoms with Crippen LogP contribution in [0.2, 0.25) is 0 Å². The molecule has 0 unspecified atom stereocenters. The Hall–Kier alpha value is -1.09.